The Bertz CT molecular complexity index is 708. The number of aromatic nitrogens is 1. The third-order valence-corrected chi connectivity index (χ3v) is 5.15. The molecule has 1 heterocycles. The fraction of sp³-hybridized carbons (Fsp3) is 0.0909. The molecule has 2 aromatic rings. The first-order valence-corrected chi connectivity index (χ1v) is 8.23. The van der Waals surface area contributed by atoms with E-state index in [1.165, 1.54) is 48.7 Å². The molecule has 0 atom stereocenters. The molecule has 0 aliphatic carbocycles. The number of thiazole rings is 1. The second-order valence-electron chi connectivity index (χ2n) is 3.66. The van der Waals surface area contributed by atoms with E-state index in [1.807, 2.05) is 0 Å². The van der Waals surface area contributed by atoms with Gasteiger partial charge in [-0.1, -0.05) is 23.5 Å². The van der Waals surface area contributed by atoms with Crippen molar-refractivity contribution in [1.82, 2.24) is 4.98 Å². The number of carbonyl (C=O) groups excluding carboxylic acids is 1. The van der Waals surface area contributed by atoms with E-state index < -0.39 is 10.0 Å². The number of ketones is 1. The summed E-state index contributed by atoms with van der Waals surface area (Å²) in [4.78, 5) is 15.1. The number of benzene rings is 1. The molecule has 19 heavy (non-hydrogen) atoms. The third-order valence-electron chi connectivity index (χ3n) is 2.27. The Labute approximate surface area is 122 Å². The van der Waals surface area contributed by atoms with Crippen LogP contribution >= 0.6 is 27.3 Å². The van der Waals surface area contributed by atoms with Crippen LogP contribution in [0.1, 0.15) is 17.3 Å². The Morgan fingerprint density at radius 1 is 1.32 bits per heavy atom. The van der Waals surface area contributed by atoms with Gasteiger partial charge in [0, 0.05) is 5.56 Å². The summed E-state index contributed by atoms with van der Waals surface area (Å²) in [5.41, 5.74) is 0.468. The zero-order valence-electron chi connectivity index (χ0n) is 9.75. The van der Waals surface area contributed by atoms with Gasteiger partial charge in [0.25, 0.3) is 10.0 Å². The summed E-state index contributed by atoms with van der Waals surface area (Å²) >= 11 is 4.38. The van der Waals surface area contributed by atoms with E-state index in [1.54, 1.807) is 0 Å². The molecule has 1 N–H and O–H groups in total. The molecule has 0 saturated heterocycles. The van der Waals surface area contributed by atoms with Crippen molar-refractivity contribution in [3.8, 4) is 0 Å². The van der Waals surface area contributed by atoms with Crippen molar-refractivity contribution in [3.63, 3.8) is 0 Å². The lowest BCUT2D eigenvalue weighted by Gasteiger charge is -2.05. The van der Waals surface area contributed by atoms with Crippen molar-refractivity contribution in [2.75, 3.05) is 4.72 Å². The van der Waals surface area contributed by atoms with E-state index in [9.17, 15) is 13.2 Å². The Hall–Kier alpha value is -1.25. The number of carbonyl (C=O) groups is 1. The second-order valence-corrected chi connectivity index (χ2v) is 7.75. The molecule has 1 aromatic heterocycles. The maximum absolute atomic E-state index is 12.0. The number of Topliss-reactive ketones (excluding diaryl/α,β-unsaturated/α-hetero) is 1. The highest BCUT2D eigenvalue weighted by Gasteiger charge is 2.16. The van der Waals surface area contributed by atoms with Crippen LogP contribution in [-0.4, -0.2) is 19.2 Å². The van der Waals surface area contributed by atoms with E-state index >= 15 is 0 Å². The average Bonchev–Trinajstić information content (AvgIpc) is 2.74. The van der Waals surface area contributed by atoms with Crippen LogP contribution in [-0.2, 0) is 10.0 Å². The van der Waals surface area contributed by atoms with Gasteiger partial charge in [0.2, 0.25) is 0 Å². The summed E-state index contributed by atoms with van der Waals surface area (Å²) in [7, 11) is -3.68. The molecule has 0 radical (unpaired) electrons. The standard InChI is InChI=1S/C11H9BrN2O3S2/c1-7(15)8-2-4-9(5-3-8)19(16,17)14-11-13-6-10(12)18-11/h2-6H,1H3,(H,13,14). The summed E-state index contributed by atoms with van der Waals surface area (Å²) in [6.45, 7) is 1.43. The molecule has 8 heteroatoms. The van der Waals surface area contributed by atoms with Crippen LogP contribution in [0.5, 0.6) is 0 Å². The lowest BCUT2D eigenvalue weighted by atomic mass is 10.2. The fourth-order valence-electron chi connectivity index (χ4n) is 1.34. The van der Waals surface area contributed by atoms with Crippen LogP contribution in [0.15, 0.2) is 39.1 Å². The number of sulfonamides is 1. The smallest absolute Gasteiger partial charge is 0.263 e. The van der Waals surface area contributed by atoms with Gasteiger partial charge in [0.1, 0.15) is 0 Å². The minimum atomic E-state index is -3.68. The average molecular weight is 361 g/mol. The number of rotatable bonds is 4. The number of halogens is 1. The zero-order chi connectivity index (χ0) is 14.0. The van der Waals surface area contributed by atoms with Gasteiger partial charge < -0.3 is 0 Å². The van der Waals surface area contributed by atoms with E-state index in [4.69, 9.17) is 0 Å². The highest BCUT2D eigenvalue weighted by molar-refractivity contribution is 9.11. The number of nitrogens with zero attached hydrogens (tertiary/aromatic N) is 1. The van der Waals surface area contributed by atoms with Gasteiger partial charge in [-0.25, -0.2) is 13.4 Å². The molecule has 0 spiro atoms. The van der Waals surface area contributed by atoms with Crippen LogP contribution < -0.4 is 4.72 Å². The zero-order valence-corrected chi connectivity index (χ0v) is 13.0. The van der Waals surface area contributed by atoms with Gasteiger partial charge in [-0.3, -0.25) is 9.52 Å². The van der Waals surface area contributed by atoms with Crippen molar-refractivity contribution < 1.29 is 13.2 Å². The van der Waals surface area contributed by atoms with Crippen LogP contribution in [0.3, 0.4) is 0 Å². The van der Waals surface area contributed by atoms with Crippen LogP contribution in [0, 0.1) is 0 Å². The Morgan fingerprint density at radius 2 is 1.95 bits per heavy atom. The molecule has 0 bridgehead atoms. The minimum absolute atomic E-state index is 0.0869. The number of anilines is 1. The predicted octanol–water partition coefficient (Wildman–Crippen LogP) is 2.91. The molecule has 0 saturated carbocycles. The highest BCUT2D eigenvalue weighted by Crippen LogP contribution is 2.25. The van der Waals surface area contributed by atoms with E-state index in [-0.39, 0.29) is 15.8 Å². The Balaban J connectivity index is 2.26. The van der Waals surface area contributed by atoms with Crippen molar-refractivity contribution in [3.05, 3.63) is 39.8 Å². The molecule has 0 unspecified atom stereocenters. The van der Waals surface area contributed by atoms with Crippen molar-refractivity contribution in [2.24, 2.45) is 0 Å². The first kappa shape index (κ1) is 14.2. The van der Waals surface area contributed by atoms with Gasteiger partial charge in [-0.15, -0.1) is 0 Å². The highest BCUT2D eigenvalue weighted by atomic mass is 79.9. The summed E-state index contributed by atoms with van der Waals surface area (Å²) in [6, 6.07) is 5.74. The summed E-state index contributed by atoms with van der Waals surface area (Å²) in [5, 5.41) is 0.280. The fourth-order valence-corrected chi connectivity index (χ4v) is 3.69. The van der Waals surface area contributed by atoms with Crippen molar-refractivity contribution in [2.45, 2.75) is 11.8 Å². The van der Waals surface area contributed by atoms with E-state index in [2.05, 4.69) is 25.6 Å². The molecule has 100 valence electrons. The molecule has 0 amide bonds. The maximum Gasteiger partial charge on any atom is 0.263 e. The summed E-state index contributed by atoms with van der Waals surface area (Å²) in [6.07, 6.45) is 1.52. The Morgan fingerprint density at radius 3 is 2.42 bits per heavy atom. The SMILES string of the molecule is CC(=O)c1ccc(S(=O)(=O)Nc2ncc(Br)s2)cc1. The second kappa shape index (κ2) is 5.40. The molecule has 0 aliphatic heterocycles. The molecule has 5 nitrogen and oxygen atoms in total. The predicted molar refractivity (Wildman–Crippen MR) is 77.1 cm³/mol. The molecule has 0 fully saturated rings. The number of nitrogens with one attached hydrogen (secondary N) is 1. The summed E-state index contributed by atoms with van der Waals surface area (Å²) in [5.74, 6) is -0.110. The topological polar surface area (TPSA) is 76.1 Å². The molecule has 1 aromatic carbocycles. The Kier molecular flexibility index (Phi) is 4.02. The normalized spacial score (nSPS) is 11.3. The van der Waals surface area contributed by atoms with Gasteiger partial charge in [-0.2, -0.15) is 0 Å². The van der Waals surface area contributed by atoms with Crippen LogP contribution in [0.2, 0.25) is 0 Å². The lowest BCUT2D eigenvalue weighted by Crippen LogP contribution is -2.12. The van der Waals surface area contributed by atoms with Crippen molar-refractivity contribution in [1.29, 1.82) is 0 Å². The molecule has 2 rings (SSSR count). The first-order chi connectivity index (χ1) is 8.88. The van der Waals surface area contributed by atoms with Crippen molar-refractivity contribution >= 4 is 48.2 Å². The number of hydrogen-bond acceptors (Lipinski definition) is 5. The largest absolute Gasteiger partial charge is 0.295 e. The van der Waals surface area contributed by atoms with Gasteiger partial charge >= 0.3 is 0 Å². The number of hydrogen-bond donors (Lipinski definition) is 1. The van der Waals surface area contributed by atoms with Gasteiger partial charge in [0.15, 0.2) is 10.9 Å². The summed E-state index contributed by atoms with van der Waals surface area (Å²) < 4.78 is 27.2. The van der Waals surface area contributed by atoms with Gasteiger partial charge in [0.05, 0.1) is 14.9 Å². The van der Waals surface area contributed by atoms with Gasteiger partial charge in [-0.05, 0) is 35.0 Å². The lowest BCUT2D eigenvalue weighted by molar-refractivity contribution is 0.101. The monoisotopic (exact) mass is 360 g/mol. The van der Waals surface area contributed by atoms with E-state index in [0.29, 0.717) is 5.56 Å². The third kappa shape index (κ3) is 3.40. The van der Waals surface area contributed by atoms with Crippen LogP contribution in [0.4, 0.5) is 5.13 Å². The van der Waals surface area contributed by atoms with Crippen LogP contribution in [0.25, 0.3) is 0 Å². The van der Waals surface area contributed by atoms with E-state index in [0.717, 1.165) is 3.79 Å². The maximum atomic E-state index is 12.0. The molecular formula is C11H9BrN2O3S2. The molecule has 0 aliphatic rings. The minimum Gasteiger partial charge on any atom is -0.295 e. The quantitative estimate of drug-likeness (QED) is 0.850. The molecular weight excluding hydrogens is 352 g/mol. The first-order valence-electron chi connectivity index (χ1n) is 5.13.